The first-order valence-corrected chi connectivity index (χ1v) is 7.54. The van der Waals surface area contributed by atoms with Crippen LogP contribution in [0, 0.1) is 18.6 Å². The quantitative estimate of drug-likeness (QED) is 0.744. The lowest BCUT2D eigenvalue weighted by Gasteiger charge is -2.08. The molecule has 0 saturated carbocycles. The van der Waals surface area contributed by atoms with Crippen LogP contribution in [-0.4, -0.2) is 17.0 Å². The fraction of sp³-hybridized carbons (Fsp3) is 0.0556. The van der Waals surface area contributed by atoms with Crippen LogP contribution in [0.15, 0.2) is 53.1 Å². The van der Waals surface area contributed by atoms with Crippen LogP contribution in [0.4, 0.5) is 20.3 Å². The van der Waals surface area contributed by atoms with E-state index in [9.17, 15) is 18.4 Å². The maximum Gasteiger partial charge on any atom is 0.256 e. The van der Waals surface area contributed by atoms with Gasteiger partial charge in [0, 0.05) is 17.2 Å². The zero-order valence-corrected chi connectivity index (χ0v) is 13.5. The Morgan fingerprint density at radius 1 is 0.923 bits per heavy atom. The van der Waals surface area contributed by atoms with Crippen LogP contribution in [0.25, 0.3) is 0 Å². The van der Waals surface area contributed by atoms with Crippen molar-refractivity contribution < 1.29 is 22.9 Å². The highest BCUT2D eigenvalue weighted by molar-refractivity contribution is 6.07. The topological polar surface area (TPSA) is 84.2 Å². The van der Waals surface area contributed by atoms with Gasteiger partial charge in [-0.2, -0.15) is 0 Å². The largest absolute Gasteiger partial charge is 0.360 e. The number of hydrogen-bond donors (Lipinski definition) is 2. The Kier molecular flexibility index (Phi) is 4.74. The Labute approximate surface area is 146 Å². The number of halogens is 2. The summed E-state index contributed by atoms with van der Waals surface area (Å²) >= 11 is 0. The average molecular weight is 357 g/mol. The molecule has 0 atom stereocenters. The summed E-state index contributed by atoms with van der Waals surface area (Å²) in [7, 11) is 0. The Bertz CT molecular complexity index is 948. The second kappa shape index (κ2) is 7.14. The third kappa shape index (κ3) is 3.75. The van der Waals surface area contributed by atoms with Gasteiger partial charge in [-0.25, -0.2) is 8.78 Å². The van der Waals surface area contributed by atoms with Crippen molar-refractivity contribution in [2.45, 2.75) is 6.92 Å². The van der Waals surface area contributed by atoms with Gasteiger partial charge in [0.2, 0.25) is 0 Å². The summed E-state index contributed by atoms with van der Waals surface area (Å²) in [6.07, 6.45) is 0. The Hall–Kier alpha value is -3.55. The van der Waals surface area contributed by atoms with E-state index in [1.807, 2.05) is 0 Å². The molecule has 2 aromatic carbocycles. The summed E-state index contributed by atoms with van der Waals surface area (Å²) < 4.78 is 32.0. The molecule has 0 saturated heterocycles. The van der Waals surface area contributed by atoms with E-state index in [2.05, 4.69) is 15.8 Å². The van der Waals surface area contributed by atoms with Crippen LogP contribution in [-0.2, 0) is 0 Å². The number of nitrogens with one attached hydrogen (secondary N) is 2. The molecule has 2 N–H and O–H groups in total. The molecule has 0 unspecified atom stereocenters. The zero-order valence-electron chi connectivity index (χ0n) is 13.5. The molecular weight excluding hydrogens is 344 g/mol. The Morgan fingerprint density at radius 2 is 1.46 bits per heavy atom. The van der Waals surface area contributed by atoms with Crippen molar-refractivity contribution in [3.63, 3.8) is 0 Å². The lowest BCUT2D eigenvalue weighted by atomic mass is 10.1. The fourth-order valence-corrected chi connectivity index (χ4v) is 2.19. The maximum absolute atomic E-state index is 13.6. The number of carbonyl (C=O) groups excluding carboxylic acids is 2. The molecule has 0 aliphatic rings. The van der Waals surface area contributed by atoms with Gasteiger partial charge in [0.1, 0.15) is 23.1 Å². The molecule has 0 radical (unpaired) electrons. The standard InChI is InChI=1S/C18H13F2N3O3/c1-10-9-15(23-26-10)21-17(24)11-5-7-12(8-6-11)18(25)22-16-13(19)3-2-4-14(16)20/h2-9H,1H3,(H,22,25)(H,21,23,24). The van der Waals surface area contributed by atoms with Gasteiger partial charge < -0.3 is 15.2 Å². The molecule has 132 valence electrons. The molecule has 3 rings (SSSR count). The van der Waals surface area contributed by atoms with Gasteiger partial charge in [-0.3, -0.25) is 9.59 Å². The van der Waals surface area contributed by atoms with E-state index in [0.29, 0.717) is 5.76 Å². The molecule has 1 heterocycles. The fourth-order valence-electron chi connectivity index (χ4n) is 2.19. The van der Waals surface area contributed by atoms with Crippen molar-refractivity contribution in [3.05, 3.63) is 77.1 Å². The van der Waals surface area contributed by atoms with Crippen LogP contribution in [0.5, 0.6) is 0 Å². The Balaban J connectivity index is 1.70. The van der Waals surface area contributed by atoms with E-state index in [-0.39, 0.29) is 16.9 Å². The SMILES string of the molecule is Cc1cc(NC(=O)c2ccc(C(=O)Nc3c(F)cccc3F)cc2)no1. The summed E-state index contributed by atoms with van der Waals surface area (Å²) in [6.45, 7) is 1.69. The number of rotatable bonds is 4. The minimum atomic E-state index is -0.878. The van der Waals surface area contributed by atoms with Gasteiger partial charge in [0.15, 0.2) is 5.82 Å². The maximum atomic E-state index is 13.6. The van der Waals surface area contributed by atoms with E-state index in [1.54, 1.807) is 13.0 Å². The molecule has 2 amide bonds. The lowest BCUT2D eigenvalue weighted by molar-refractivity contribution is 0.101. The average Bonchev–Trinajstić information content (AvgIpc) is 3.03. The smallest absolute Gasteiger partial charge is 0.256 e. The number of carbonyl (C=O) groups is 2. The van der Waals surface area contributed by atoms with Crippen LogP contribution < -0.4 is 10.6 Å². The zero-order chi connectivity index (χ0) is 18.7. The predicted octanol–water partition coefficient (Wildman–Crippen LogP) is 3.77. The monoisotopic (exact) mass is 357 g/mol. The number of benzene rings is 2. The number of hydrogen-bond acceptors (Lipinski definition) is 4. The van der Waals surface area contributed by atoms with Gasteiger partial charge in [0.25, 0.3) is 11.8 Å². The molecule has 0 aliphatic heterocycles. The number of anilines is 2. The molecule has 3 aromatic rings. The minimum Gasteiger partial charge on any atom is -0.360 e. The molecule has 26 heavy (non-hydrogen) atoms. The van der Waals surface area contributed by atoms with Gasteiger partial charge in [-0.15, -0.1) is 0 Å². The number of nitrogens with zero attached hydrogens (tertiary/aromatic N) is 1. The summed E-state index contributed by atoms with van der Waals surface area (Å²) in [4.78, 5) is 24.2. The third-order valence-electron chi connectivity index (χ3n) is 3.48. The van der Waals surface area contributed by atoms with E-state index in [0.717, 1.165) is 12.1 Å². The number of aryl methyl sites for hydroxylation is 1. The van der Waals surface area contributed by atoms with Crippen molar-refractivity contribution in [2.75, 3.05) is 10.6 Å². The molecule has 0 spiro atoms. The van der Waals surface area contributed by atoms with Crippen molar-refractivity contribution in [1.29, 1.82) is 0 Å². The lowest BCUT2D eigenvalue weighted by Crippen LogP contribution is -2.15. The molecule has 6 nitrogen and oxygen atoms in total. The summed E-state index contributed by atoms with van der Waals surface area (Å²) in [5.41, 5.74) is -0.110. The first-order chi connectivity index (χ1) is 12.4. The minimum absolute atomic E-state index is 0.140. The highest BCUT2D eigenvalue weighted by atomic mass is 19.1. The molecular formula is C18H13F2N3O3. The molecule has 0 aliphatic carbocycles. The molecule has 0 bridgehead atoms. The van der Waals surface area contributed by atoms with Crippen molar-refractivity contribution in [3.8, 4) is 0 Å². The highest BCUT2D eigenvalue weighted by Crippen LogP contribution is 2.19. The summed E-state index contributed by atoms with van der Waals surface area (Å²) in [6, 6.07) is 10.4. The van der Waals surface area contributed by atoms with Crippen molar-refractivity contribution in [2.24, 2.45) is 0 Å². The van der Waals surface area contributed by atoms with Crippen LogP contribution >= 0.6 is 0 Å². The van der Waals surface area contributed by atoms with Gasteiger partial charge >= 0.3 is 0 Å². The Morgan fingerprint density at radius 3 is 1.96 bits per heavy atom. The predicted molar refractivity (Wildman–Crippen MR) is 89.9 cm³/mol. The second-order valence-corrected chi connectivity index (χ2v) is 5.41. The molecule has 8 heteroatoms. The first kappa shape index (κ1) is 17.3. The van der Waals surface area contributed by atoms with Crippen LogP contribution in [0.1, 0.15) is 26.5 Å². The van der Waals surface area contributed by atoms with Gasteiger partial charge in [-0.1, -0.05) is 11.2 Å². The number of amides is 2. The van der Waals surface area contributed by atoms with E-state index in [1.165, 1.54) is 30.3 Å². The van der Waals surface area contributed by atoms with E-state index >= 15 is 0 Å². The number of aromatic nitrogens is 1. The summed E-state index contributed by atoms with van der Waals surface area (Å²) in [5.74, 6) is -2.08. The van der Waals surface area contributed by atoms with Gasteiger partial charge in [-0.05, 0) is 43.3 Å². The highest BCUT2D eigenvalue weighted by Gasteiger charge is 2.14. The van der Waals surface area contributed by atoms with Gasteiger partial charge in [0.05, 0.1) is 0 Å². The van der Waals surface area contributed by atoms with Crippen molar-refractivity contribution >= 4 is 23.3 Å². The first-order valence-electron chi connectivity index (χ1n) is 7.54. The van der Waals surface area contributed by atoms with Crippen LogP contribution in [0.3, 0.4) is 0 Å². The van der Waals surface area contributed by atoms with E-state index in [4.69, 9.17) is 4.52 Å². The second-order valence-electron chi connectivity index (χ2n) is 5.41. The summed E-state index contributed by atoms with van der Waals surface area (Å²) in [5, 5.41) is 8.36. The number of para-hydroxylation sites is 1. The third-order valence-corrected chi connectivity index (χ3v) is 3.48. The molecule has 1 aromatic heterocycles. The normalized spacial score (nSPS) is 10.4. The van der Waals surface area contributed by atoms with Crippen molar-refractivity contribution in [1.82, 2.24) is 5.16 Å². The van der Waals surface area contributed by atoms with E-state index < -0.39 is 29.1 Å². The van der Waals surface area contributed by atoms with Crippen LogP contribution in [0.2, 0.25) is 0 Å². The molecule has 0 fully saturated rings.